The van der Waals surface area contributed by atoms with Crippen LogP contribution in [0.4, 0.5) is 5.69 Å². The molecule has 23 heavy (non-hydrogen) atoms. The van der Waals surface area contributed by atoms with Crippen LogP contribution >= 0.6 is 0 Å². The zero-order chi connectivity index (χ0) is 16.6. The number of amides is 2. The summed E-state index contributed by atoms with van der Waals surface area (Å²) in [5, 5.41) is 2.54. The number of carbonyl (C=O) groups excluding carboxylic acids is 2. The van der Waals surface area contributed by atoms with E-state index in [4.69, 9.17) is 9.15 Å². The van der Waals surface area contributed by atoms with Gasteiger partial charge < -0.3 is 14.5 Å². The van der Waals surface area contributed by atoms with Crippen LogP contribution in [0.2, 0.25) is 0 Å². The molecule has 1 atom stereocenters. The summed E-state index contributed by atoms with van der Waals surface area (Å²) < 4.78 is 11.1. The lowest BCUT2D eigenvalue weighted by molar-refractivity contribution is -0.127. The third-order valence-corrected chi connectivity index (χ3v) is 3.66. The van der Waals surface area contributed by atoms with E-state index in [9.17, 15) is 9.59 Å². The van der Waals surface area contributed by atoms with Gasteiger partial charge in [-0.3, -0.25) is 14.5 Å². The van der Waals surface area contributed by atoms with Crippen molar-refractivity contribution in [3.63, 3.8) is 0 Å². The van der Waals surface area contributed by atoms with Crippen LogP contribution in [-0.4, -0.2) is 36.5 Å². The molecule has 2 aromatic rings. The Morgan fingerprint density at radius 1 is 1.30 bits per heavy atom. The van der Waals surface area contributed by atoms with Gasteiger partial charge in [0, 0.05) is 14.0 Å². The van der Waals surface area contributed by atoms with E-state index >= 15 is 0 Å². The predicted molar refractivity (Wildman–Crippen MR) is 82.6 cm³/mol. The molecule has 0 saturated carbocycles. The number of nitrogens with one attached hydrogen (secondary N) is 1. The highest BCUT2D eigenvalue weighted by molar-refractivity contribution is 6.06. The van der Waals surface area contributed by atoms with Gasteiger partial charge in [0.15, 0.2) is 12.0 Å². The number of aryl methyl sites for hydroxylation is 2. The lowest BCUT2D eigenvalue weighted by Crippen LogP contribution is -2.50. The maximum absolute atomic E-state index is 12.9. The molecule has 0 spiro atoms. The Bertz CT molecular complexity index is 768. The number of anilines is 1. The molecule has 1 aromatic carbocycles. The second-order valence-electron chi connectivity index (χ2n) is 5.25. The summed E-state index contributed by atoms with van der Waals surface area (Å²) in [6.45, 7) is 3.51. The Kier molecular flexibility index (Phi) is 3.77. The number of ether oxygens (including phenoxy) is 1. The molecule has 1 aliphatic heterocycles. The number of hydrogen-bond acceptors (Lipinski definition) is 5. The van der Waals surface area contributed by atoms with Crippen molar-refractivity contribution in [3.05, 3.63) is 41.6 Å². The fourth-order valence-corrected chi connectivity index (χ4v) is 2.58. The van der Waals surface area contributed by atoms with Crippen molar-refractivity contribution in [2.75, 3.05) is 18.5 Å². The van der Waals surface area contributed by atoms with Crippen molar-refractivity contribution in [2.24, 2.45) is 0 Å². The number of likely N-dealkylation sites (N-methyl/N-ethyl adjacent to an activating group) is 1. The number of aromatic nitrogens is 1. The number of rotatable bonds is 2. The zero-order valence-corrected chi connectivity index (χ0v) is 13.1. The van der Waals surface area contributed by atoms with E-state index in [2.05, 4.69) is 10.3 Å². The number of benzene rings is 1. The largest absolute Gasteiger partial charge is 0.477 e. The average molecular weight is 315 g/mol. The molecule has 0 bridgehead atoms. The van der Waals surface area contributed by atoms with E-state index in [1.807, 2.05) is 0 Å². The van der Waals surface area contributed by atoms with Crippen molar-refractivity contribution in [1.29, 1.82) is 0 Å². The lowest BCUT2D eigenvalue weighted by atomic mass is 10.1. The molecule has 0 aliphatic carbocycles. The summed E-state index contributed by atoms with van der Waals surface area (Å²) in [7, 11) is 1.53. The number of oxazole rings is 1. The predicted octanol–water partition coefficient (Wildman–Crippen LogP) is 1.45. The van der Waals surface area contributed by atoms with Crippen LogP contribution in [-0.2, 0) is 4.79 Å². The summed E-state index contributed by atoms with van der Waals surface area (Å²) in [5.74, 6) is 0.454. The van der Waals surface area contributed by atoms with Crippen LogP contribution in [0.1, 0.15) is 22.1 Å². The molecule has 0 radical (unpaired) electrons. The third-order valence-electron chi connectivity index (χ3n) is 3.66. The molecular weight excluding hydrogens is 298 g/mol. The smallest absolute Gasteiger partial charge is 0.296 e. The molecular formula is C16H17N3O4. The minimum Gasteiger partial charge on any atom is -0.477 e. The molecule has 2 amide bonds. The van der Waals surface area contributed by atoms with E-state index in [1.54, 1.807) is 38.1 Å². The van der Waals surface area contributed by atoms with Gasteiger partial charge in [-0.15, -0.1) is 0 Å². The summed E-state index contributed by atoms with van der Waals surface area (Å²) >= 11 is 0. The van der Waals surface area contributed by atoms with Crippen molar-refractivity contribution in [3.8, 4) is 5.75 Å². The van der Waals surface area contributed by atoms with E-state index < -0.39 is 6.10 Å². The lowest BCUT2D eigenvalue weighted by Gasteiger charge is -2.33. The number of nitrogens with zero attached hydrogens (tertiary/aromatic N) is 2. The normalized spacial score (nSPS) is 16.5. The SMILES string of the molecule is CNC(=O)C1CN(C(=O)c2oc(C)nc2C)c2ccccc2O1. The first kappa shape index (κ1) is 15.1. The molecule has 7 nitrogen and oxygen atoms in total. The number of carbonyl (C=O) groups is 2. The molecule has 1 unspecified atom stereocenters. The quantitative estimate of drug-likeness (QED) is 0.906. The molecule has 2 heterocycles. The summed E-state index contributed by atoms with van der Waals surface area (Å²) in [6.07, 6.45) is -0.775. The first-order valence-electron chi connectivity index (χ1n) is 7.24. The standard InChI is InChI=1S/C16H17N3O4/c1-9-14(22-10(2)18-9)16(21)19-8-13(15(20)17-3)23-12-7-5-4-6-11(12)19/h4-7,13H,8H2,1-3H3,(H,17,20). The van der Waals surface area contributed by atoms with Gasteiger partial charge in [0.25, 0.3) is 11.8 Å². The first-order chi connectivity index (χ1) is 11.0. The van der Waals surface area contributed by atoms with Gasteiger partial charge in [0.2, 0.25) is 5.76 Å². The summed E-state index contributed by atoms with van der Waals surface area (Å²) in [4.78, 5) is 30.4. The fraction of sp³-hybridized carbons (Fsp3) is 0.312. The molecule has 0 saturated heterocycles. The maximum Gasteiger partial charge on any atom is 0.296 e. The van der Waals surface area contributed by atoms with Crippen LogP contribution in [0, 0.1) is 13.8 Å². The first-order valence-corrected chi connectivity index (χ1v) is 7.24. The Labute approximate surface area is 133 Å². The second kappa shape index (κ2) is 5.75. The zero-order valence-electron chi connectivity index (χ0n) is 13.1. The van der Waals surface area contributed by atoms with Crippen LogP contribution < -0.4 is 15.0 Å². The number of hydrogen-bond donors (Lipinski definition) is 1. The van der Waals surface area contributed by atoms with Crippen molar-refractivity contribution in [2.45, 2.75) is 20.0 Å². The molecule has 1 aliphatic rings. The van der Waals surface area contributed by atoms with Gasteiger partial charge in [-0.1, -0.05) is 12.1 Å². The average Bonchev–Trinajstić information content (AvgIpc) is 2.90. The van der Waals surface area contributed by atoms with Crippen molar-refractivity contribution >= 4 is 17.5 Å². The Balaban J connectivity index is 2.01. The maximum atomic E-state index is 12.9. The van der Waals surface area contributed by atoms with Crippen molar-refractivity contribution in [1.82, 2.24) is 10.3 Å². The van der Waals surface area contributed by atoms with E-state index in [0.29, 0.717) is 23.0 Å². The Morgan fingerprint density at radius 2 is 2.04 bits per heavy atom. The highest BCUT2D eigenvalue weighted by atomic mass is 16.5. The van der Waals surface area contributed by atoms with E-state index in [1.165, 1.54) is 11.9 Å². The van der Waals surface area contributed by atoms with E-state index in [-0.39, 0.29) is 24.1 Å². The topological polar surface area (TPSA) is 84.7 Å². The molecule has 1 N–H and O–H groups in total. The van der Waals surface area contributed by atoms with Crippen LogP contribution in [0.3, 0.4) is 0 Å². The number of fused-ring (bicyclic) bond motifs is 1. The Hall–Kier alpha value is -2.83. The fourth-order valence-electron chi connectivity index (χ4n) is 2.58. The molecule has 0 fully saturated rings. The van der Waals surface area contributed by atoms with Gasteiger partial charge >= 0.3 is 0 Å². The van der Waals surface area contributed by atoms with Gasteiger partial charge in [-0.05, 0) is 19.1 Å². The van der Waals surface area contributed by atoms with Gasteiger partial charge in [0.1, 0.15) is 5.75 Å². The van der Waals surface area contributed by atoms with Crippen LogP contribution in [0.25, 0.3) is 0 Å². The second-order valence-corrected chi connectivity index (χ2v) is 5.25. The molecule has 120 valence electrons. The monoisotopic (exact) mass is 315 g/mol. The van der Waals surface area contributed by atoms with Gasteiger partial charge in [0.05, 0.1) is 17.9 Å². The minimum absolute atomic E-state index is 0.106. The molecule has 7 heteroatoms. The van der Waals surface area contributed by atoms with Crippen molar-refractivity contribution < 1.29 is 18.7 Å². The van der Waals surface area contributed by atoms with Crippen LogP contribution in [0.15, 0.2) is 28.7 Å². The summed E-state index contributed by atoms with van der Waals surface area (Å²) in [5.41, 5.74) is 1.12. The highest BCUT2D eigenvalue weighted by Crippen LogP contribution is 2.34. The third kappa shape index (κ3) is 2.65. The van der Waals surface area contributed by atoms with E-state index in [0.717, 1.165) is 0 Å². The van der Waals surface area contributed by atoms with Gasteiger partial charge in [-0.25, -0.2) is 4.98 Å². The van der Waals surface area contributed by atoms with Crippen LogP contribution in [0.5, 0.6) is 5.75 Å². The Morgan fingerprint density at radius 3 is 2.70 bits per heavy atom. The number of para-hydroxylation sites is 2. The van der Waals surface area contributed by atoms with Gasteiger partial charge in [-0.2, -0.15) is 0 Å². The molecule has 1 aromatic heterocycles. The highest BCUT2D eigenvalue weighted by Gasteiger charge is 2.35. The summed E-state index contributed by atoms with van der Waals surface area (Å²) in [6, 6.07) is 7.09. The molecule has 3 rings (SSSR count). The minimum atomic E-state index is -0.775.